The molecule has 0 atom stereocenters. The van der Waals surface area contributed by atoms with E-state index in [4.69, 9.17) is 15.3 Å². The number of aromatic nitrogens is 3. The number of carbonyl (C=O) groups excluding carboxylic acids is 1. The van der Waals surface area contributed by atoms with Crippen LogP contribution in [-0.2, 0) is 4.79 Å². The van der Waals surface area contributed by atoms with E-state index in [0.717, 1.165) is 0 Å². The second-order valence-corrected chi connectivity index (χ2v) is 4.31. The number of nitrogen functional groups attached to an aromatic ring is 1. The first kappa shape index (κ1) is 18.2. The molecule has 0 fully saturated rings. The molecule has 1 heterocycles. The average Bonchev–Trinajstić information content (AvgIpc) is 2.79. The Labute approximate surface area is 138 Å². The number of nitrogens with zero attached hydrogens (tertiary/aromatic N) is 4. The van der Waals surface area contributed by atoms with Crippen LogP contribution in [0.15, 0.2) is 23.3 Å². The van der Waals surface area contributed by atoms with Gasteiger partial charge in [0, 0.05) is 6.92 Å². The highest BCUT2D eigenvalue weighted by Crippen LogP contribution is 2.27. The first-order valence-electron chi connectivity index (χ1n) is 6.34. The summed E-state index contributed by atoms with van der Waals surface area (Å²) in [4.78, 5) is 11.1. The number of methoxy groups -OCH3 is 1. The second-order valence-electron chi connectivity index (χ2n) is 4.31. The first-order chi connectivity index (χ1) is 10.5. The molecule has 9 nitrogen and oxygen atoms in total. The number of esters is 1. The van der Waals surface area contributed by atoms with Crippen LogP contribution in [0.25, 0.3) is 0 Å². The van der Waals surface area contributed by atoms with E-state index in [1.165, 1.54) is 24.9 Å². The topological polar surface area (TPSA) is 117 Å². The molecule has 10 heteroatoms. The molecular formula is C13H17ClN6O3. The number of hydrogen-bond acceptors (Lipinski definition) is 8. The second kappa shape index (κ2) is 7.99. The summed E-state index contributed by atoms with van der Waals surface area (Å²) in [5, 5.41) is 11.6. The summed E-state index contributed by atoms with van der Waals surface area (Å²) < 4.78 is 11.5. The number of ether oxygens (including phenoxy) is 2. The van der Waals surface area contributed by atoms with Gasteiger partial charge in [0.1, 0.15) is 0 Å². The fourth-order valence-corrected chi connectivity index (χ4v) is 1.62. The average molecular weight is 341 g/mol. The summed E-state index contributed by atoms with van der Waals surface area (Å²) in [6, 6.07) is 5.06. The lowest BCUT2D eigenvalue weighted by molar-refractivity contribution is -0.132. The zero-order valence-corrected chi connectivity index (χ0v) is 13.6. The predicted molar refractivity (Wildman–Crippen MR) is 87.7 cm³/mol. The van der Waals surface area contributed by atoms with E-state index in [1.54, 1.807) is 25.1 Å². The number of benzene rings is 1. The highest BCUT2D eigenvalue weighted by atomic mass is 35.5. The van der Waals surface area contributed by atoms with Gasteiger partial charge in [-0.25, -0.2) is 10.1 Å². The Bertz CT molecular complexity index is 716. The van der Waals surface area contributed by atoms with Gasteiger partial charge in [-0.05, 0) is 30.7 Å². The molecule has 0 saturated heterocycles. The van der Waals surface area contributed by atoms with Gasteiger partial charge in [-0.2, -0.15) is 5.10 Å². The van der Waals surface area contributed by atoms with E-state index in [9.17, 15) is 4.79 Å². The van der Waals surface area contributed by atoms with Crippen LogP contribution < -0.4 is 20.7 Å². The summed E-state index contributed by atoms with van der Waals surface area (Å²) in [5.74, 6) is 6.88. The van der Waals surface area contributed by atoms with E-state index in [0.29, 0.717) is 28.8 Å². The smallest absolute Gasteiger partial charge is 0.308 e. The summed E-state index contributed by atoms with van der Waals surface area (Å²) in [6.07, 6.45) is 1.52. The summed E-state index contributed by atoms with van der Waals surface area (Å²) >= 11 is 0. The summed E-state index contributed by atoms with van der Waals surface area (Å²) in [6.45, 7) is 3.04. The Morgan fingerprint density at radius 1 is 1.39 bits per heavy atom. The van der Waals surface area contributed by atoms with Crippen LogP contribution in [0.4, 0.5) is 5.95 Å². The maximum Gasteiger partial charge on any atom is 0.308 e. The molecular weight excluding hydrogens is 324 g/mol. The van der Waals surface area contributed by atoms with E-state index < -0.39 is 5.97 Å². The van der Waals surface area contributed by atoms with Gasteiger partial charge < -0.3 is 15.3 Å². The first-order valence-corrected chi connectivity index (χ1v) is 6.34. The molecule has 0 spiro atoms. The Hall–Kier alpha value is -2.81. The van der Waals surface area contributed by atoms with Gasteiger partial charge in [0.2, 0.25) is 0 Å². The Morgan fingerprint density at radius 3 is 2.70 bits per heavy atom. The Morgan fingerprint density at radius 2 is 2.13 bits per heavy atom. The van der Waals surface area contributed by atoms with Crippen molar-refractivity contribution in [3.05, 3.63) is 29.6 Å². The number of nitrogens with one attached hydrogen (secondary N) is 1. The lowest BCUT2D eigenvalue weighted by Crippen LogP contribution is -2.13. The minimum atomic E-state index is -0.433. The van der Waals surface area contributed by atoms with E-state index in [2.05, 4.69) is 20.7 Å². The molecule has 0 aliphatic heterocycles. The van der Waals surface area contributed by atoms with Gasteiger partial charge in [-0.3, -0.25) is 4.79 Å². The van der Waals surface area contributed by atoms with Crippen molar-refractivity contribution in [1.29, 1.82) is 0 Å². The lowest BCUT2D eigenvalue weighted by Gasteiger charge is -2.08. The van der Waals surface area contributed by atoms with Crippen molar-refractivity contribution < 1.29 is 14.3 Å². The number of hydrazone groups is 1. The van der Waals surface area contributed by atoms with Gasteiger partial charge in [0.15, 0.2) is 17.3 Å². The van der Waals surface area contributed by atoms with Gasteiger partial charge in [-0.1, -0.05) is 0 Å². The SMILES string of the molecule is COc1ccc(/C=N/Nc2nnc(C)n2N)cc1OC(C)=O.Cl. The molecule has 0 aliphatic carbocycles. The molecule has 1 aromatic carbocycles. The fraction of sp³-hybridized carbons (Fsp3) is 0.231. The van der Waals surface area contributed by atoms with Crippen LogP contribution in [0.3, 0.4) is 0 Å². The summed E-state index contributed by atoms with van der Waals surface area (Å²) in [5.41, 5.74) is 3.36. The van der Waals surface area contributed by atoms with Crippen LogP contribution in [0, 0.1) is 6.92 Å². The quantitative estimate of drug-likeness (QED) is 0.275. The number of rotatable bonds is 5. The van der Waals surface area contributed by atoms with Crippen molar-refractivity contribution in [3.8, 4) is 11.5 Å². The maximum absolute atomic E-state index is 11.1. The van der Waals surface area contributed by atoms with Gasteiger partial charge in [-0.15, -0.1) is 22.6 Å². The van der Waals surface area contributed by atoms with Crippen molar-refractivity contribution >= 4 is 30.5 Å². The molecule has 0 unspecified atom stereocenters. The van der Waals surface area contributed by atoms with Crippen LogP contribution in [0.2, 0.25) is 0 Å². The third-order valence-electron chi connectivity index (χ3n) is 2.69. The number of halogens is 1. The van der Waals surface area contributed by atoms with Crippen molar-refractivity contribution in [2.75, 3.05) is 18.4 Å². The Balaban J connectivity index is 0.00000264. The van der Waals surface area contributed by atoms with E-state index in [1.807, 2.05) is 0 Å². The third kappa shape index (κ3) is 4.58. The van der Waals surface area contributed by atoms with E-state index in [-0.39, 0.29) is 12.4 Å². The standard InChI is InChI=1S/C13H16N6O3.ClH/c1-8-16-18-13(19(8)14)17-15-7-10-4-5-11(21-3)12(6-10)22-9(2)20;/h4-7H,14H2,1-3H3,(H,17,18);1H/b15-7+;. The largest absolute Gasteiger partial charge is 0.493 e. The van der Waals surface area contributed by atoms with E-state index >= 15 is 0 Å². The van der Waals surface area contributed by atoms with Crippen LogP contribution in [-0.4, -0.2) is 34.2 Å². The third-order valence-corrected chi connectivity index (χ3v) is 2.69. The number of hydrogen-bond donors (Lipinski definition) is 2. The molecule has 2 aromatic rings. The monoisotopic (exact) mass is 340 g/mol. The fourth-order valence-electron chi connectivity index (χ4n) is 1.62. The normalized spacial score (nSPS) is 10.2. The van der Waals surface area contributed by atoms with Crippen molar-refractivity contribution in [2.45, 2.75) is 13.8 Å². The minimum absolute atomic E-state index is 0. The van der Waals surface area contributed by atoms with Crippen LogP contribution >= 0.6 is 12.4 Å². The van der Waals surface area contributed by atoms with Crippen molar-refractivity contribution in [2.24, 2.45) is 5.10 Å². The number of aryl methyl sites for hydroxylation is 1. The molecule has 2 rings (SSSR count). The maximum atomic E-state index is 11.1. The zero-order chi connectivity index (χ0) is 16.1. The number of carbonyl (C=O) groups is 1. The van der Waals surface area contributed by atoms with Crippen molar-refractivity contribution in [1.82, 2.24) is 14.9 Å². The van der Waals surface area contributed by atoms with Gasteiger partial charge >= 0.3 is 5.97 Å². The molecule has 0 aliphatic rings. The Kier molecular flexibility index (Phi) is 6.34. The molecule has 3 N–H and O–H groups in total. The molecule has 23 heavy (non-hydrogen) atoms. The predicted octanol–water partition coefficient (Wildman–Crippen LogP) is 1.10. The minimum Gasteiger partial charge on any atom is -0.493 e. The van der Waals surface area contributed by atoms with Crippen molar-refractivity contribution in [3.63, 3.8) is 0 Å². The summed E-state index contributed by atoms with van der Waals surface area (Å²) in [7, 11) is 1.49. The van der Waals surface area contributed by atoms with Gasteiger partial charge in [0.25, 0.3) is 5.95 Å². The molecule has 124 valence electrons. The molecule has 0 bridgehead atoms. The molecule has 0 radical (unpaired) electrons. The van der Waals surface area contributed by atoms with Gasteiger partial charge in [0.05, 0.1) is 13.3 Å². The van der Waals surface area contributed by atoms with Crippen LogP contribution in [0.1, 0.15) is 18.3 Å². The number of anilines is 1. The van der Waals surface area contributed by atoms with Crippen LogP contribution in [0.5, 0.6) is 11.5 Å². The molecule has 0 saturated carbocycles. The highest BCUT2D eigenvalue weighted by molar-refractivity contribution is 5.85. The zero-order valence-electron chi connectivity index (χ0n) is 12.8. The molecule has 0 amide bonds. The lowest BCUT2D eigenvalue weighted by atomic mass is 10.2. The highest BCUT2D eigenvalue weighted by Gasteiger charge is 2.07. The molecule has 1 aromatic heterocycles. The number of nitrogens with two attached hydrogens (primary N) is 1.